The second-order valence-electron chi connectivity index (χ2n) is 2.41. The van der Waals surface area contributed by atoms with Gasteiger partial charge in [0.15, 0.2) is 5.92 Å². The lowest BCUT2D eigenvalue weighted by Gasteiger charge is -2.22. The van der Waals surface area contributed by atoms with Gasteiger partial charge in [0.25, 0.3) is 0 Å². The zero-order valence-electron chi connectivity index (χ0n) is 6.54. The molecule has 14 heavy (non-hydrogen) atoms. The molecule has 0 aromatic rings. The Morgan fingerprint density at radius 2 is 1.36 bits per heavy atom. The van der Waals surface area contributed by atoms with Crippen LogP contribution in [0.3, 0.4) is 0 Å². The van der Waals surface area contributed by atoms with Crippen molar-refractivity contribution in [3.63, 3.8) is 0 Å². The summed E-state index contributed by atoms with van der Waals surface area (Å²) in [4.78, 5) is 10.2. The first-order valence-electron chi connectivity index (χ1n) is 3.10. The zero-order valence-corrected chi connectivity index (χ0v) is 6.54. The fourth-order valence-corrected chi connectivity index (χ4v) is 0.723. The highest BCUT2D eigenvalue weighted by Crippen LogP contribution is 2.42. The van der Waals surface area contributed by atoms with Gasteiger partial charge in [-0.3, -0.25) is 4.79 Å². The number of rotatable bonds is 2. The summed E-state index contributed by atoms with van der Waals surface area (Å²) in [5.41, 5.74) is 2.57. The molecule has 2 N–H and O–H groups in total. The van der Waals surface area contributed by atoms with Gasteiger partial charge in [-0.05, 0) is 0 Å². The molecular formula is C6H5F6NO. The molecule has 1 amide bonds. The molecular weight excluding hydrogens is 216 g/mol. The quantitative estimate of drug-likeness (QED) is 0.560. The average molecular weight is 221 g/mol. The monoisotopic (exact) mass is 221 g/mol. The van der Waals surface area contributed by atoms with E-state index in [1.54, 1.807) is 0 Å². The van der Waals surface area contributed by atoms with Gasteiger partial charge < -0.3 is 5.73 Å². The molecule has 0 heterocycles. The number of halogens is 6. The van der Waals surface area contributed by atoms with E-state index in [9.17, 15) is 31.1 Å². The second kappa shape index (κ2) is 3.50. The maximum absolute atomic E-state index is 11.8. The second-order valence-corrected chi connectivity index (χ2v) is 2.41. The molecule has 0 rings (SSSR count). The molecule has 0 aromatic carbocycles. The van der Waals surface area contributed by atoms with Crippen LogP contribution in [-0.2, 0) is 4.79 Å². The van der Waals surface area contributed by atoms with Crippen molar-refractivity contribution in [2.45, 2.75) is 12.4 Å². The molecule has 0 saturated carbocycles. The van der Waals surface area contributed by atoms with Crippen molar-refractivity contribution >= 4 is 5.91 Å². The maximum atomic E-state index is 11.8. The molecule has 0 atom stereocenters. The largest absolute Gasteiger partial charge is 0.404 e. The van der Waals surface area contributed by atoms with E-state index < -0.39 is 29.8 Å². The maximum Gasteiger partial charge on any atom is 0.404 e. The third kappa shape index (κ3) is 2.93. The highest BCUT2D eigenvalue weighted by molar-refractivity contribution is 5.92. The van der Waals surface area contributed by atoms with Gasteiger partial charge in [0, 0.05) is 5.57 Å². The predicted molar refractivity (Wildman–Crippen MR) is 33.9 cm³/mol. The number of nitrogens with two attached hydrogens (primary N) is 1. The van der Waals surface area contributed by atoms with E-state index in [0.717, 1.165) is 0 Å². The van der Waals surface area contributed by atoms with E-state index in [-0.39, 0.29) is 0 Å². The van der Waals surface area contributed by atoms with Gasteiger partial charge in [-0.25, -0.2) is 0 Å². The molecule has 0 spiro atoms. The van der Waals surface area contributed by atoms with Crippen LogP contribution in [0.2, 0.25) is 0 Å². The highest BCUT2D eigenvalue weighted by Gasteiger charge is 2.58. The van der Waals surface area contributed by atoms with Crippen molar-refractivity contribution in [3.05, 3.63) is 12.2 Å². The summed E-state index contributed by atoms with van der Waals surface area (Å²) in [7, 11) is 0. The fraction of sp³-hybridized carbons (Fsp3) is 0.500. The normalized spacial score (nSPS) is 13.1. The summed E-state index contributed by atoms with van der Waals surface area (Å²) < 4.78 is 71.0. The first-order valence-corrected chi connectivity index (χ1v) is 3.10. The van der Waals surface area contributed by atoms with E-state index in [1.165, 1.54) is 0 Å². The molecule has 0 aliphatic rings. The van der Waals surface area contributed by atoms with Crippen LogP contribution in [0.1, 0.15) is 0 Å². The zero-order chi connectivity index (χ0) is 11.7. The summed E-state index contributed by atoms with van der Waals surface area (Å²) in [6, 6.07) is 0. The Balaban J connectivity index is 5.15. The topological polar surface area (TPSA) is 43.1 Å². The first kappa shape index (κ1) is 12.8. The van der Waals surface area contributed by atoms with Crippen molar-refractivity contribution in [2.75, 3.05) is 0 Å². The minimum absolute atomic E-state index is 1.72. The first-order chi connectivity index (χ1) is 5.98. The van der Waals surface area contributed by atoms with E-state index in [4.69, 9.17) is 0 Å². The highest BCUT2D eigenvalue weighted by atomic mass is 19.4. The Bertz CT molecular complexity index is 238. The summed E-state index contributed by atoms with van der Waals surface area (Å²) in [6.45, 7) is 2.37. The Kier molecular flexibility index (Phi) is 3.20. The number of alkyl halides is 6. The molecule has 0 fully saturated rings. The number of amides is 1. The van der Waals surface area contributed by atoms with Crippen LogP contribution in [0.5, 0.6) is 0 Å². The molecule has 0 aliphatic carbocycles. The molecule has 0 unspecified atom stereocenters. The third-order valence-electron chi connectivity index (χ3n) is 1.32. The Hall–Kier alpha value is -1.21. The van der Waals surface area contributed by atoms with Gasteiger partial charge in [0.1, 0.15) is 0 Å². The van der Waals surface area contributed by atoms with Gasteiger partial charge in [0.05, 0.1) is 0 Å². The third-order valence-corrected chi connectivity index (χ3v) is 1.32. The molecule has 0 aliphatic heterocycles. The van der Waals surface area contributed by atoms with E-state index in [1.807, 2.05) is 0 Å². The van der Waals surface area contributed by atoms with Gasteiger partial charge in [-0.1, -0.05) is 6.58 Å². The van der Waals surface area contributed by atoms with Crippen LogP contribution < -0.4 is 5.73 Å². The molecule has 0 radical (unpaired) electrons. The van der Waals surface area contributed by atoms with E-state index in [2.05, 4.69) is 12.3 Å². The lowest BCUT2D eigenvalue weighted by atomic mass is 9.99. The molecule has 82 valence electrons. The number of carbonyl (C=O) groups excluding carboxylic acids is 1. The minimum Gasteiger partial charge on any atom is -0.366 e. The van der Waals surface area contributed by atoms with Crippen LogP contribution >= 0.6 is 0 Å². The van der Waals surface area contributed by atoms with Crippen LogP contribution in [0, 0.1) is 5.92 Å². The van der Waals surface area contributed by atoms with Crippen molar-refractivity contribution in [2.24, 2.45) is 11.7 Å². The predicted octanol–water partition coefficient (Wildman–Crippen LogP) is 1.77. The molecule has 2 nitrogen and oxygen atoms in total. The molecule has 0 aromatic heterocycles. The van der Waals surface area contributed by atoms with Gasteiger partial charge in [-0.2, -0.15) is 26.3 Å². The standard InChI is InChI=1S/C6H5F6NO/c1-2(4(13)14)3(5(7,8)9)6(10,11)12/h3H,1H2,(H2,13,14). The van der Waals surface area contributed by atoms with Crippen LogP contribution in [0.4, 0.5) is 26.3 Å². The van der Waals surface area contributed by atoms with Crippen LogP contribution in [0.15, 0.2) is 12.2 Å². The number of hydrogen-bond donors (Lipinski definition) is 1. The average Bonchev–Trinajstić information content (AvgIpc) is 1.79. The Morgan fingerprint density at radius 3 is 1.43 bits per heavy atom. The summed E-state index contributed by atoms with van der Waals surface area (Å²) >= 11 is 0. The van der Waals surface area contributed by atoms with E-state index >= 15 is 0 Å². The number of carbonyl (C=O) groups is 1. The lowest BCUT2D eigenvalue weighted by molar-refractivity contribution is -0.271. The Morgan fingerprint density at radius 1 is 1.07 bits per heavy atom. The summed E-state index contributed by atoms with van der Waals surface area (Å²) in [5.74, 6) is -5.72. The Labute approximate surface area is 74.4 Å². The fourth-order valence-electron chi connectivity index (χ4n) is 0.723. The SMILES string of the molecule is C=C(C(N)=O)C(C(F)(F)F)C(F)(F)F. The summed E-state index contributed by atoms with van der Waals surface area (Å²) in [6.07, 6.45) is -11.2. The molecule has 0 bridgehead atoms. The van der Waals surface area contributed by atoms with Crippen molar-refractivity contribution in [3.8, 4) is 0 Å². The van der Waals surface area contributed by atoms with Gasteiger partial charge >= 0.3 is 12.4 Å². The molecule has 0 saturated heterocycles. The van der Waals surface area contributed by atoms with Crippen LogP contribution in [0.25, 0.3) is 0 Å². The van der Waals surface area contributed by atoms with Gasteiger partial charge in [0.2, 0.25) is 5.91 Å². The smallest absolute Gasteiger partial charge is 0.366 e. The number of hydrogen-bond acceptors (Lipinski definition) is 1. The van der Waals surface area contributed by atoms with Crippen molar-refractivity contribution in [1.29, 1.82) is 0 Å². The molecule has 8 heteroatoms. The van der Waals surface area contributed by atoms with Crippen molar-refractivity contribution in [1.82, 2.24) is 0 Å². The van der Waals surface area contributed by atoms with E-state index in [0.29, 0.717) is 0 Å². The van der Waals surface area contributed by atoms with Crippen LogP contribution in [-0.4, -0.2) is 18.3 Å². The minimum atomic E-state index is -5.62. The number of primary amides is 1. The van der Waals surface area contributed by atoms with Crippen molar-refractivity contribution < 1.29 is 31.1 Å². The lowest BCUT2D eigenvalue weighted by Crippen LogP contribution is -2.41. The van der Waals surface area contributed by atoms with Gasteiger partial charge in [-0.15, -0.1) is 0 Å². The summed E-state index contributed by atoms with van der Waals surface area (Å²) in [5, 5.41) is 0.